The van der Waals surface area contributed by atoms with Crippen molar-refractivity contribution in [2.45, 2.75) is 37.1 Å². The zero-order valence-electron chi connectivity index (χ0n) is 10.0. The molecule has 2 aromatic rings. The van der Waals surface area contributed by atoms with E-state index in [1.807, 2.05) is 0 Å². The Morgan fingerprint density at radius 1 is 1.47 bits per heavy atom. The first-order valence-corrected chi connectivity index (χ1v) is 6.19. The summed E-state index contributed by atoms with van der Waals surface area (Å²) in [5, 5.41) is 7.09. The normalized spacial score (nSPS) is 11.9. The van der Waals surface area contributed by atoms with Gasteiger partial charge in [0.2, 0.25) is 17.0 Å². The van der Waals surface area contributed by atoms with Crippen molar-refractivity contribution in [1.29, 1.82) is 0 Å². The quantitative estimate of drug-likeness (QED) is 0.812. The second-order valence-corrected chi connectivity index (χ2v) is 5.60. The fraction of sp³-hybridized carbons (Fsp3) is 0.500. The highest BCUT2D eigenvalue weighted by Crippen LogP contribution is 2.25. The van der Waals surface area contributed by atoms with Gasteiger partial charge in [0.05, 0.1) is 11.9 Å². The average molecular weight is 253 g/mol. The van der Waals surface area contributed by atoms with Crippen molar-refractivity contribution < 1.29 is 4.42 Å². The van der Waals surface area contributed by atoms with Crippen molar-refractivity contribution in [2.75, 3.05) is 5.73 Å². The van der Waals surface area contributed by atoms with Crippen LogP contribution in [0.15, 0.2) is 15.8 Å². The Bertz CT molecular complexity index is 499. The third-order valence-corrected chi connectivity index (χ3v) is 2.93. The second-order valence-electron chi connectivity index (χ2n) is 4.66. The number of nitrogens with two attached hydrogens (primary N) is 1. The molecule has 0 atom stereocenters. The summed E-state index contributed by atoms with van der Waals surface area (Å²) in [4.78, 5) is 8.21. The van der Waals surface area contributed by atoms with Crippen LogP contribution in [0, 0.1) is 0 Å². The number of anilines is 1. The smallest absolute Gasteiger partial charge is 0.216 e. The van der Waals surface area contributed by atoms with Gasteiger partial charge in [-0.3, -0.25) is 0 Å². The minimum absolute atomic E-state index is 0.0229. The van der Waals surface area contributed by atoms with Gasteiger partial charge in [-0.25, -0.2) is 10.1 Å². The van der Waals surface area contributed by atoms with Crippen LogP contribution in [0.1, 0.15) is 32.4 Å². The summed E-state index contributed by atoms with van der Waals surface area (Å²) in [5.41, 5.74) is 5.40. The zero-order chi connectivity index (χ0) is 12.5. The van der Waals surface area contributed by atoms with Gasteiger partial charge in [0.1, 0.15) is 5.76 Å². The topological polar surface area (TPSA) is 93.6 Å². The summed E-state index contributed by atoms with van der Waals surface area (Å²) >= 11 is 1.43. The van der Waals surface area contributed by atoms with E-state index in [1.54, 1.807) is 6.20 Å². The summed E-state index contributed by atoms with van der Waals surface area (Å²) in [6, 6.07) is 0. The Morgan fingerprint density at radius 3 is 2.76 bits per heavy atom. The number of nitrogen functional groups attached to an aromatic ring is 1. The van der Waals surface area contributed by atoms with Crippen LogP contribution in [0.5, 0.6) is 0 Å². The van der Waals surface area contributed by atoms with Gasteiger partial charge in [0.25, 0.3) is 0 Å². The van der Waals surface area contributed by atoms with Crippen LogP contribution in [0.4, 0.5) is 5.95 Å². The molecule has 2 heterocycles. The molecule has 3 N–H and O–H groups in total. The highest BCUT2D eigenvalue weighted by molar-refractivity contribution is 7.98. The van der Waals surface area contributed by atoms with Crippen molar-refractivity contribution in [1.82, 2.24) is 20.2 Å². The lowest BCUT2D eigenvalue weighted by atomic mass is 9.94. The van der Waals surface area contributed by atoms with Crippen LogP contribution in [0.2, 0.25) is 0 Å². The summed E-state index contributed by atoms with van der Waals surface area (Å²) in [6.45, 7) is 6.25. The van der Waals surface area contributed by atoms with Gasteiger partial charge in [0, 0.05) is 5.41 Å². The summed E-state index contributed by atoms with van der Waals surface area (Å²) in [5.74, 6) is 2.45. The highest BCUT2D eigenvalue weighted by atomic mass is 32.2. The molecule has 92 valence electrons. The van der Waals surface area contributed by atoms with E-state index < -0.39 is 0 Å². The van der Waals surface area contributed by atoms with Gasteiger partial charge in [-0.05, 0) is 0 Å². The van der Waals surface area contributed by atoms with Crippen LogP contribution in [-0.2, 0) is 11.2 Å². The fourth-order valence-corrected chi connectivity index (χ4v) is 1.83. The molecule has 0 aliphatic rings. The SMILES string of the molecule is CC(C)(C)c1cnc(CSc2n[nH]c(N)n2)o1. The van der Waals surface area contributed by atoms with Crippen LogP contribution in [0.3, 0.4) is 0 Å². The molecule has 0 saturated heterocycles. The van der Waals surface area contributed by atoms with E-state index in [1.165, 1.54) is 11.8 Å². The predicted molar refractivity (Wildman–Crippen MR) is 65.6 cm³/mol. The van der Waals surface area contributed by atoms with Gasteiger partial charge < -0.3 is 10.2 Å². The van der Waals surface area contributed by atoms with Gasteiger partial charge in [-0.2, -0.15) is 4.98 Å². The molecule has 17 heavy (non-hydrogen) atoms. The predicted octanol–water partition coefficient (Wildman–Crippen LogP) is 1.96. The molecular formula is C10H15N5OS. The molecule has 6 nitrogen and oxygen atoms in total. The number of thioether (sulfide) groups is 1. The molecule has 0 fully saturated rings. The number of H-pyrrole nitrogens is 1. The van der Waals surface area contributed by atoms with Gasteiger partial charge in [-0.15, -0.1) is 5.10 Å². The molecule has 2 rings (SSSR count). The van der Waals surface area contributed by atoms with E-state index in [9.17, 15) is 0 Å². The number of nitrogens with one attached hydrogen (secondary N) is 1. The molecular weight excluding hydrogens is 238 g/mol. The molecule has 0 spiro atoms. The first-order valence-electron chi connectivity index (χ1n) is 5.21. The van der Waals surface area contributed by atoms with Gasteiger partial charge in [-0.1, -0.05) is 32.5 Å². The molecule has 0 bridgehead atoms. The van der Waals surface area contributed by atoms with Crippen LogP contribution < -0.4 is 5.73 Å². The molecule has 0 aliphatic heterocycles. The number of rotatable bonds is 3. The van der Waals surface area contributed by atoms with E-state index in [-0.39, 0.29) is 5.41 Å². The molecule has 0 amide bonds. The Hall–Kier alpha value is -1.50. The maximum absolute atomic E-state index is 5.65. The van der Waals surface area contributed by atoms with E-state index in [2.05, 4.69) is 40.9 Å². The van der Waals surface area contributed by atoms with E-state index >= 15 is 0 Å². The Morgan fingerprint density at radius 2 is 2.24 bits per heavy atom. The first-order chi connectivity index (χ1) is 7.95. The summed E-state index contributed by atoms with van der Waals surface area (Å²) in [7, 11) is 0. The van der Waals surface area contributed by atoms with Crippen molar-refractivity contribution >= 4 is 17.7 Å². The number of aromatic nitrogens is 4. The number of aromatic amines is 1. The van der Waals surface area contributed by atoms with E-state index in [4.69, 9.17) is 10.2 Å². The highest BCUT2D eigenvalue weighted by Gasteiger charge is 2.19. The second kappa shape index (κ2) is 4.40. The Labute approximate surface area is 103 Å². The van der Waals surface area contributed by atoms with E-state index in [0.29, 0.717) is 22.7 Å². The molecule has 0 saturated carbocycles. The van der Waals surface area contributed by atoms with Crippen molar-refractivity contribution in [3.63, 3.8) is 0 Å². The molecule has 2 aromatic heterocycles. The molecule has 0 unspecified atom stereocenters. The van der Waals surface area contributed by atoms with Crippen LogP contribution in [0.25, 0.3) is 0 Å². The summed E-state index contributed by atoms with van der Waals surface area (Å²) < 4.78 is 5.65. The molecule has 0 aromatic carbocycles. The maximum atomic E-state index is 5.65. The lowest BCUT2D eigenvalue weighted by Crippen LogP contribution is -2.09. The van der Waals surface area contributed by atoms with Gasteiger partial charge >= 0.3 is 0 Å². The van der Waals surface area contributed by atoms with Crippen molar-refractivity contribution in [3.8, 4) is 0 Å². The lowest BCUT2D eigenvalue weighted by molar-refractivity contribution is 0.390. The standard InChI is InChI=1S/C10H15N5OS/c1-10(2,3)6-4-12-7(16-6)5-17-9-13-8(11)14-15-9/h4H,5H2,1-3H3,(H3,11,13,14,15). The number of oxazole rings is 1. The van der Waals surface area contributed by atoms with Crippen LogP contribution >= 0.6 is 11.8 Å². The lowest BCUT2D eigenvalue weighted by Gasteiger charge is -2.12. The number of hydrogen-bond donors (Lipinski definition) is 2. The number of nitrogens with zero attached hydrogens (tertiary/aromatic N) is 3. The molecule has 0 aliphatic carbocycles. The van der Waals surface area contributed by atoms with Gasteiger partial charge in [0.15, 0.2) is 0 Å². The minimum Gasteiger partial charge on any atom is -0.444 e. The Balaban J connectivity index is 1.98. The monoisotopic (exact) mass is 253 g/mol. The van der Waals surface area contributed by atoms with Crippen molar-refractivity contribution in [2.24, 2.45) is 0 Å². The van der Waals surface area contributed by atoms with Crippen molar-refractivity contribution in [3.05, 3.63) is 17.8 Å². The zero-order valence-corrected chi connectivity index (χ0v) is 10.8. The van der Waals surface area contributed by atoms with Crippen LogP contribution in [-0.4, -0.2) is 20.2 Å². The van der Waals surface area contributed by atoms with E-state index in [0.717, 1.165) is 5.76 Å². The largest absolute Gasteiger partial charge is 0.444 e. The average Bonchev–Trinajstić information content (AvgIpc) is 2.82. The molecule has 0 radical (unpaired) electrons. The number of hydrogen-bond acceptors (Lipinski definition) is 6. The molecule has 7 heteroatoms. The Kier molecular flexibility index (Phi) is 3.10. The first kappa shape index (κ1) is 12.0. The minimum atomic E-state index is -0.0229. The third kappa shape index (κ3) is 3.00. The third-order valence-electron chi connectivity index (χ3n) is 2.10. The fourth-order valence-electron chi connectivity index (χ4n) is 1.17. The maximum Gasteiger partial charge on any atom is 0.216 e. The summed E-state index contributed by atoms with van der Waals surface area (Å²) in [6.07, 6.45) is 1.77.